The van der Waals surface area contributed by atoms with Crippen LogP contribution < -0.4 is 0 Å². The zero-order chi connectivity index (χ0) is 21.6. The summed E-state index contributed by atoms with van der Waals surface area (Å²) in [5, 5.41) is 0. The molecule has 29 heavy (non-hydrogen) atoms. The van der Waals surface area contributed by atoms with Crippen LogP contribution in [0.1, 0.15) is 79.1 Å². The Labute approximate surface area is 172 Å². The number of aromatic amines is 1. The molecule has 0 spiro atoms. The van der Waals surface area contributed by atoms with Crippen LogP contribution in [0.4, 0.5) is 0 Å². The number of fused-ring (bicyclic) bond motifs is 2. The number of carbonyl (C=O) groups is 3. The Balaban J connectivity index is 1.65. The van der Waals surface area contributed by atoms with E-state index < -0.39 is 11.9 Å². The fourth-order valence-electron chi connectivity index (χ4n) is 5.50. The number of nitrogens with zero attached hydrogens (tertiary/aromatic N) is 1. The van der Waals surface area contributed by atoms with Gasteiger partial charge in [-0.3, -0.25) is 4.79 Å². The third-order valence-electron chi connectivity index (χ3n) is 6.18. The molecule has 1 N–H and O–H groups in total. The minimum Gasteiger partial charge on any atom is -0.462 e. The van der Waals surface area contributed by atoms with Gasteiger partial charge in [0.2, 0.25) is 0 Å². The van der Waals surface area contributed by atoms with E-state index in [0.29, 0.717) is 23.4 Å². The van der Waals surface area contributed by atoms with Crippen molar-refractivity contribution in [2.45, 2.75) is 66.8 Å². The number of carbonyl (C=O) groups excluding carboxylic acids is 3. The molecule has 0 aromatic carbocycles. The van der Waals surface area contributed by atoms with Crippen LogP contribution in [0.3, 0.4) is 0 Å². The Hall–Kier alpha value is -2.31. The third kappa shape index (κ3) is 4.19. The van der Waals surface area contributed by atoms with E-state index >= 15 is 0 Å². The molecule has 3 rings (SSSR count). The molecule has 7 heteroatoms. The largest absolute Gasteiger partial charge is 0.462 e. The average molecular weight is 405 g/mol. The molecule has 0 radical (unpaired) electrons. The molecule has 7 nitrogen and oxygen atoms in total. The molecule has 2 bridgehead atoms. The summed E-state index contributed by atoms with van der Waals surface area (Å²) in [5.74, 6) is -1.27. The maximum absolute atomic E-state index is 12.8. The second kappa shape index (κ2) is 7.50. The summed E-state index contributed by atoms with van der Waals surface area (Å²) < 4.78 is 10.4. The number of aromatic nitrogens is 1. The molecule has 1 saturated carbocycles. The van der Waals surface area contributed by atoms with Gasteiger partial charge in [-0.05, 0) is 56.4 Å². The first-order valence-corrected chi connectivity index (χ1v) is 10.3. The van der Waals surface area contributed by atoms with Crippen LogP contribution >= 0.6 is 0 Å². The van der Waals surface area contributed by atoms with Gasteiger partial charge in [0, 0.05) is 18.3 Å². The zero-order valence-corrected chi connectivity index (χ0v) is 18.3. The van der Waals surface area contributed by atoms with E-state index in [9.17, 15) is 14.4 Å². The van der Waals surface area contributed by atoms with Crippen LogP contribution in [0, 0.1) is 24.7 Å². The van der Waals surface area contributed by atoms with E-state index in [4.69, 9.17) is 9.47 Å². The van der Waals surface area contributed by atoms with Gasteiger partial charge in [0.1, 0.15) is 5.69 Å². The highest BCUT2D eigenvalue weighted by atomic mass is 16.5. The SMILES string of the molecule is CCOC(=O)c1c(C)[nH]c(C(=O)OCC(=O)N2C[C@@]3(C)C[C@@H]2CC(C)(C)C3)c1C. The quantitative estimate of drug-likeness (QED) is 0.760. The van der Waals surface area contributed by atoms with Crippen LogP contribution in [0.5, 0.6) is 0 Å². The van der Waals surface area contributed by atoms with Gasteiger partial charge < -0.3 is 19.4 Å². The monoisotopic (exact) mass is 404 g/mol. The van der Waals surface area contributed by atoms with E-state index in [0.717, 1.165) is 19.3 Å². The smallest absolute Gasteiger partial charge is 0.355 e. The van der Waals surface area contributed by atoms with Gasteiger partial charge in [0.15, 0.2) is 6.61 Å². The van der Waals surface area contributed by atoms with E-state index in [1.807, 2.05) is 4.90 Å². The molecular weight excluding hydrogens is 372 g/mol. The van der Waals surface area contributed by atoms with Gasteiger partial charge in [-0.2, -0.15) is 0 Å². The molecule has 1 aliphatic carbocycles. The lowest BCUT2D eigenvalue weighted by atomic mass is 9.65. The van der Waals surface area contributed by atoms with E-state index in [1.165, 1.54) is 0 Å². The normalized spacial score (nSPS) is 25.0. The molecule has 1 aromatic heterocycles. The minimum atomic E-state index is -0.636. The highest BCUT2D eigenvalue weighted by molar-refractivity contribution is 5.99. The first-order chi connectivity index (χ1) is 13.5. The summed E-state index contributed by atoms with van der Waals surface area (Å²) in [6.07, 6.45) is 3.08. The van der Waals surface area contributed by atoms with E-state index in [2.05, 4.69) is 25.8 Å². The number of aryl methyl sites for hydroxylation is 1. The lowest BCUT2D eigenvalue weighted by molar-refractivity contribution is -0.135. The van der Waals surface area contributed by atoms with Crippen molar-refractivity contribution in [3.63, 3.8) is 0 Å². The highest BCUT2D eigenvalue weighted by Gasteiger charge is 2.51. The lowest BCUT2D eigenvalue weighted by Crippen LogP contribution is -2.39. The maximum Gasteiger partial charge on any atom is 0.355 e. The molecular formula is C22H32N2O5. The Kier molecular flexibility index (Phi) is 5.54. The van der Waals surface area contributed by atoms with Gasteiger partial charge >= 0.3 is 11.9 Å². The van der Waals surface area contributed by atoms with Crippen molar-refractivity contribution in [2.75, 3.05) is 19.8 Å². The minimum absolute atomic E-state index is 0.133. The molecule has 1 saturated heterocycles. The number of rotatable bonds is 5. The van der Waals surface area contributed by atoms with Gasteiger partial charge in [-0.15, -0.1) is 0 Å². The number of likely N-dealkylation sites (tertiary alicyclic amines) is 1. The summed E-state index contributed by atoms with van der Waals surface area (Å²) >= 11 is 0. The number of ether oxygens (including phenoxy) is 2. The highest BCUT2D eigenvalue weighted by Crippen LogP contribution is 2.52. The van der Waals surface area contributed by atoms with Gasteiger partial charge in [-0.1, -0.05) is 20.8 Å². The first-order valence-electron chi connectivity index (χ1n) is 10.3. The Morgan fingerprint density at radius 1 is 1.10 bits per heavy atom. The summed E-state index contributed by atoms with van der Waals surface area (Å²) in [6.45, 7) is 12.5. The fraction of sp³-hybridized carbons (Fsp3) is 0.682. The molecule has 1 aliphatic heterocycles. The van der Waals surface area contributed by atoms with Crippen molar-refractivity contribution in [2.24, 2.45) is 10.8 Å². The van der Waals surface area contributed by atoms with Crippen molar-refractivity contribution < 1.29 is 23.9 Å². The standard InChI is InChI=1S/C22H32N2O5/c1-7-28-19(26)17-13(2)18(23-14(17)3)20(27)29-10-16(25)24-12-22(6)9-15(24)8-21(4,5)11-22/h15,23H,7-12H2,1-6H3/t15-,22-/m0/s1. The number of hydrogen-bond acceptors (Lipinski definition) is 5. The fourth-order valence-corrected chi connectivity index (χ4v) is 5.50. The predicted molar refractivity (Wildman–Crippen MR) is 108 cm³/mol. The summed E-state index contributed by atoms with van der Waals surface area (Å²) in [5.41, 5.74) is 1.90. The molecule has 2 aliphatic rings. The second-order valence-electron chi connectivity index (χ2n) is 9.66. The van der Waals surface area contributed by atoms with Crippen molar-refractivity contribution in [1.82, 2.24) is 9.88 Å². The van der Waals surface area contributed by atoms with Crippen LogP contribution in [0.25, 0.3) is 0 Å². The third-order valence-corrected chi connectivity index (χ3v) is 6.18. The van der Waals surface area contributed by atoms with Crippen LogP contribution in [-0.2, 0) is 14.3 Å². The number of amides is 1. The molecule has 1 aromatic rings. The molecule has 1 amide bonds. The molecule has 0 unspecified atom stereocenters. The molecule has 2 heterocycles. The number of hydrogen-bond donors (Lipinski definition) is 1. The maximum atomic E-state index is 12.8. The summed E-state index contributed by atoms with van der Waals surface area (Å²) in [4.78, 5) is 42.2. The predicted octanol–water partition coefficient (Wildman–Crippen LogP) is 3.39. The van der Waals surface area contributed by atoms with Crippen molar-refractivity contribution in [1.29, 1.82) is 0 Å². The van der Waals surface area contributed by atoms with Crippen LogP contribution in [0.2, 0.25) is 0 Å². The molecule has 2 fully saturated rings. The van der Waals surface area contributed by atoms with E-state index in [-0.39, 0.29) is 41.7 Å². The molecule has 160 valence electrons. The molecule has 2 atom stereocenters. The zero-order valence-electron chi connectivity index (χ0n) is 18.3. The number of nitrogens with one attached hydrogen (secondary N) is 1. The second-order valence-corrected chi connectivity index (χ2v) is 9.66. The first kappa shape index (κ1) is 21.4. The van der Waals surface area contributed by atoms with Gasteiger partial charge in [0.05, 0.1) is 12.2 Å². The average Bonchev–Trinajstić information content (AvgIpc) is 3.04. The summed E-state index contributed by atoms with van der Waals surface area (Å²) in [7, 11) is 0. The number of esters is 2. The van der Waals surface area contributed by atoms with Crippen molar-refractivity contribution >= 4 is 17.8 Å². The van der Waals surface area contributed by atoms with Crippen molar-refractivity contribution in [3.05, 3.63) is 22.5 Å². The van der Waals surface area contributed by atoms with Crippen molar-refractivity contribution in [3.8, 4) is 0 Å². The topological polar surface area (TPSA) is 88.7 Å². The Bertz CT molecular complexity index is 841. The Morgan fingerprint density at radius 3 is 2.45 bits per heavy atom. The summed E-state index contributed by atoms with van der Waals surface area (Å²) in [6, 6.07) is 0.208. The van der Waals surface area contributed by atoms with Crippen LogP contribution in [-0.4, -0.2) is 53.5 Å². The van der Waals surface area contributed by atoms with Crippen LogP contribution in [0.15, 0.2) is 0 Å². The van der Waals surface area contributed by atoms with E-state index in [1.54, 1.807) is 20.8 Å². The number of H-pyrrole nitrogens is 1. The van der Waals surface area contributed by atoms with Gasteiger partial charge in [0.25, 0.3) is 5.91 Å². The Morgan fingerprint density at radius 2 is 1.79 bits per heavy atom. The van der Waals surface area contributed by atoms with Gasteiger partial charge in [-0.25, -0.2) is 9.59 Å². The lowest BCUT2D eigenvalue weighted by Gasteiger charge is -2.39.